The number of para-hydroxylation sites is 2. The lowest BCUT2D eigenvalue weighted by Gasteiger charge is -2.13. The Bertz CT molecular complexity index is 1220. The minimum Gasteiger partial charge on any atom is -0.490 e. The van der Waals surface area contributed by atoms with E-state index < -0.39 is 0 Å². The number of hydrogen-bond donors (Lipinski definition) is 2. The van der Waals surface area contributed by atoms with E-state index in [9.17, 15) is 4.79 Å². The van der Waals surface area contributed by atoms with Gasteiger partial charge in [-0.25, -0.2) is 4.68 Å². The Labute approximate surface area is 166 Å². The number of nitrogens with zero attached hydrogens (tertiary/aromatic N) is 3. The van der Waals surface area contributed by atoms with Crippen molar-refractivity contribution in [3.63, 3.8) is 0 Å². The van der Waals surface area contributed by atoms with Crippen LogP contribution in [0.3, 0.4) is 0 Å². The second-order valence-corrected chi connectivity index (χ2v) is 6.69. The highest BCUT2D eigenvalue weighted by Gasteiger charge is 2.15. The average Bonchev–Trinajstić information content (AvgIpc) is 3.03. The quantitative estimate of drug-likeness (QED) is 0.557. The van der Waals surface area contributed by atoms with Crippen molar-refractivity contribution in [3.05, 3.63) is 70.6 Å². The highest BCUT2D eigenvalue weighted by atomic mass is 16.5. The number of benzene rings is 2. The molecule has 1 aliphatic heterocycles. The highest BCUT2D eigenvalue weighted by molar-refractivity contribution is 5.76. The van der Waals surface area contributed by atoms with Gasteiger partial charge in [0, 0.05) is 18.5 Å². The van der Waals surface area contributed by atoms with Gasteiger partial charge in [-0.05, 0) is 18.2 Å². The highest BCUT2D eigenvalue weighted by Crippen LogP contribution is 2.33. The lowest BCUT2D eigenvalue weighted by atomic mass is 10.2. The molecule has 0 radical (unpaired) electrons. The van der Waals surface area contributed by atoms with Gasteiger partial charge in [0.05, 0.1) is 25.1 Å². The number of rotatable bonds is 4. The van der Waals surface area contributed by atoms with Gasteiger partial charge < -0.3 is 14.8 Å². The minimum atomic E-state index is -0.244. The first-order valence-electron chi connectivity index (χ1n) is 9.44. The molecule has 0 spiro atoms. The fraction of sp³-hybridized carbons (Fsp3) is 0.190. The number of hydrogen-bond acceptors (Lipinski definition) is 6. The van der Waals surface area contributed by atoms with Crippen molar-refractivity contribution in [1.82, 2.24) is 19.7 Å². The summed E-state index contributed by atoms with van der Waals surface area (Å²) in [5.74, 6) is 1.84. The maximum atomic E-state index is 12.5. The van der Waals surface area contributed by atoms with Crippen LogP contribution < -0.4 is 20.3 Å². The Morgan fingerprint density at radius 3 is 2.83 bits per heavy atom. The molecule has 2 N–H and O–H groups in total. The molecule has 2 aromatic carbocycles. The number of H-pyrrole nitrogens is 1. The molecule has 4 aromatic rings. The molecule has 0 amide bonds. The molecule has 1 aliphatic rings. The Morgan fingerprint density at radius 2 is 1.93 bits per heavy atom. The van der Waals surface area contributed by atoms with Gasteiger partial charge in [0.2, 0.25) is 5.95 Å². The van der Waals surface area contributed by atoms with Crippen LogP contribution in [0.5, 0.6) is 11.5 Å². The van der Waals surface area contributed by atoms with Crippen molar-refractivity contribution in [2.75, 3.05) is 18.5 Å². The molecule has 5 rings (SSSR count). The van der Waals surface area contributed by atoms with Crippen LogP contribution in [-0.2, 0) is 6.54 Å². The van der Waals surface area contributed by atoms with Gasteiger partial charge in [-0.2, -0.15) is 10.1 Å². The Balaban J connectivity index is 1.47. The molecule has 0 saturated carbocycles. The van der Waals surface area contributed by atoms with Crippen LogP contribution in [0.15, 0.2) is 59.5 Å². The molecule has 0 atom stereocenters. The monoisotopic (exact) mass is 389 g/mol. The molecule has 146 valence electrons. The molecule has 0 aliphatic carbocycles. The largest absolute Gasteiger partial charge is 0.490 e. The molecule has 8 nitrogen and oxygen atoms in total. The summed E-state index contributed by atoms with van der Waals surface area (Å²) in [4.78, 5) is 19.9. The number of ether oxygens (including phenoxy) is 2. The van der Waals surface area contributed by atoms with Gasteiger partial charge in [-0.1, -0.05) is 30.3 Å². The second-order valence-electron chi connectivity index (χ2n) is 6.69. The standard InChI is InChI=1S/C21H19N5O3/c27-20-16-13-23-26(15-7-2-1-3-8-15)19(16)24-21(25-20)22-12-14-6-4-9-17-18(14)29-11-5-10-28-17/h1-4,6-9,13H,5,10-12H2,(H2,22,24,25,27). The first kappa shape index (κ1) is 17.3. The van der Waals surface area contributed by atoms with E-state index in [2.05, 4.69) is 20.4 Å². The zero-order chi connectivity index (χ0) is 19.6. The fourth-order valence-corrected chi connectivity index (χ4v) is 3.33. The van der Waals surface area contributed by atoms with E-state index in [0.29, 0.717) is 36.7 Å². The summed E-state index contributed by atoms with van der Waals surface area (Å²) < 4.78 is 13.2. The van der Waals surface area contributed by atoms with Crippen LogP contribution in [0.2, 0.25) is 0 Å². The van der Waals surface area contributed by atoms with Gasteiger partial charge in [0.25, 0.3) is 5.56 Å². The van der Waals surface area contributed by atoms with E-state index in [1.54, 1.807) is 4.68 Å². The number of aromatic nitrogens is 4. The number of nitrogens with one attached hydrogen (secondary N) is 2. The normalized spacial score (nSPS) is 13.2. The maximum absolute atomic E-state index is 12.5. The van der Waals surface area contributed by atoms with Gasteiger partial charge in [-0.3, -0.25) is 9.78 Å². The van der Waals surface area contributed by atoms with Crippen molar-refractivity contribution in [2.24, 2.45) is 0 Å². The van der Waals surface area contributed by atoms with Gasteiger partial charge >= 0.3 is 0 Å². The second kappa shape index (κ2) is 7.31. The van der Waals surface area contributed by atoms with Crippen LogP contribution in [0.25, 0.3) is 16.7 Å². The summed E-state index contributed by atoms with van der Waals surface area (Å²) in [6.45, 7) is 1.68. The molecule has 0 fully saturated rings. The molecule has 29 heavy (non-hydrogen) atoms. The summed E-state index contributed by atoms with van der Waals surface area (Å²) in [6.07, 6.45) is 2.37. The summed E-state index contributed by atoms with van der Waals surface area (Å²) >= 11 is 0. The van der Waals surface area contributed by atoms with E-state index in [-0.39, 0.29) is 5.56 Å². The zero-order valence-electron chi connectivity index (χ0n) is 15.6. The van der Waals surface area contributed by atoms with Crippen molar-refractivity contribution >= 4 is 17.0 Å². The third-order valence-electron chi connectivity index (χ3n) is 4.74. The first-order valence-corrected chi connectivity index (χ1v) is 9.44. The number of fused-ring (bicyclic) bond motifs is 2. The van der Waals surface area contributed by atoms with E-state index in [1.807, 2.05) is 48.5 Å². The van der Waals surface area contributed by atoms with Gasteiger partial charge in [0.15, 0.2) is 17.1 Å². The number of anilines is 1. The van der Waals surface area contributed by atoms with Crippen LogP contribution in [0, 0.1) is 0 Å². The van der Waals surface area contributed by atoms with Crippen LogP contribution in [-0.4, -0.2) is 33.0 Å². The predicted molar refractivity (Wildman–Crippen MR) is 109 cm³/mol. The summed E-state index contributed by atoms with van der Waals surface area (Å²) in [5, 5.41) is 7.95. The Kier molecular flexibility index (Phi) is 4.36. The van der Waals surface area contributed by atoms with E-state index in [1.165, 1.54) is 6.20 Å². The first-order chi connectivity index (χ1) is 14.3. The average molecular weight is 389 g/mol. The Hall–Kier alpha value is -3.81. The van der Waals surface area contributed by atoms with Crippen LogP contribution in [0.1, 0.15) is 12.0 Å². The predicted octanol–water partition coefficient (Wildman–Crippen LogP) is 2.88. The minimum absolute atomic E-state index is 0.244. The van der Waals surface area contributed by atoms with Gasteiger partial charge in [0.1, 0.15) is 5.39 Å². The molecule has 3 heterocycles. The lowest BCUT2D eigenvalue weighted by Crippen LogP contribution is -2.14. The third kappa shape index (κ3) is 3.29. The number of aromatic amines is 1. The topological polar surface area (TPSA) is 94.1 Å². The maximum Gasteiger partial charge on any atom is 0.263 e. The summed E-state index contributed by atoms with van der Waals surface area (Å²) in [5.41, 5.74) is 2.02. The molecule has 8 heteroatoms. The molecule has 2 aromatic heterocycles. The molecule has 0 unspecified atom stereocenters. The van der Waals surface area contributed by atoms with Crippen molar-refractivity contribution in [1.29, 1.82) is 0 Å². The van der Waals surface area contributed by atoms with E-state index in [0.717, 1.165) is 29.2 Å². The molecular weight excluding hydrogens is 370 g/mol. The summed E-state index contributed by atoms with van der Waals surface area (Å²) in [7, 11) is 0. The molecular formula is C21H19N5O3. The van der Waals surface area contributed by atoms with Crippen molar-refractivity contribution in [3.8, 4) is 17.2 Å². The van der Waals surface area contributed by atoms with Crippen LogP contribution >= 0.6 is 0 Å². The zero-order valence-corrected chi connectivity index (χ0v) is 15.6. The van der Waals surface area contributed by atoms with Gasteiger partial charge in [-0.15, -0.1) is 0 Å². The SMILES string of the molecule is O=c1[nH]c(NCc2cccc3c2OCCCO3)nc2c1cnn2-c1ccccc1. The summed E-state index contributed by atoms with van der Waals surface area (Å²) in [6, 6.07) is 15.4. The molecule has 0 bridgehead atoms. The Morgan fingerprint density at radius 1 is 1.07 bits per heavy atom. The van der Waals surface area contributed by atoms with Crippen molar-refractivity contribution < 1.29 is 9.47 Å². The van der Waals surface area contributed by atoms with E-state index >= 15 is 0 Å². The lowest BCUT2D eigenvalue weighted by molar-refractivity contribution is 0.296. The van der Waals surface area contributed by atoms with Crippen LogP contribution in [0.4, 0.5) is 5.95 Å². The fourth-order valence-electron chi connectivity index (χ4n) is 3.33. The van der Waals surface area contributed by atoms with E-state index in [4.69, 9.17) is 9.47 Å². The van der Waals surface area contributed by atoms with Crippen molar-refractivity contribution in [2.45, 2.75) is 13.0 Å². The molecule has 0 saturated heterocycles. The third-order valence-corrected chi connectivity index (χ3v) is 4.74. The smallest absolute Gasteiger partial charge is 0.263 e.